The molecule has 2 atom stereocenters. The molecule has 0 saturated carbocycles. The van der Waals surface area contributed by atoms with Crippen LogP contribution in [0.1, 0.15) is 59.2 Å². The van der Waals surface area contributed by atoms with Crippen LogP contribution in [-0.4, -0.2) is 32.6 Å². The quantitative estimate of drug-likeness (QED) is 0.700. The van der Waals surface area contributed by atoms with Gasteiger partial charge >= 0.3 is 0 Å². The fraction of sp³-hybridized carbons (Fsp3) is 0.500. The van der Waals surface area contributed by atoms with Gasteiger partial charge in [0.2, 0.25) is 0 Å². The lowest BCUT2D eigenvalue weighted by Gasteiger charge is -2.28. The van der Waals surface area contributed by atoms with E-state index in [1.54, 1.807) is 11.3 Å². The van der Waals surface area contributed by atoms with Crippen molar-refractivity contribution in [3.8, 4) is 0 Å². The molecule has 6 heteroatoms. The predicted molar refractivity (Wildman–Crippen MR) is 117 cm³/mol. The molecule has 0 saturated heterocycles. The van der Waals surface area contributed by atoms with Crippen LogP contribution >= 0.6 is 11.3 Å². The molecule has 2 unspecified atom stereocenters. The molecule has 0 aliphatic carbocycles. The maximum atomic E-state index is 12.9. The van der Waals surface area contributed by atoms with Crippen LogP contribution in [0, 0.1) is 0 Å². The molecule has 0 bridgehead atoms. The Hall–Kier alpha value is -2.05. The van der Waals surface area contributed by atoms with E-state index in [9.17, 15) is 4.79 Å². The Balaban J connectivity index is 1.54. The molecule has 0 fully saturated rings. The van der Waals surface area contributed by atoms with Crippen LogP contribution in [0.2, 0.25) is 0 Å². The minimum Gasteiger partial charge on any atom is -0.372 e. The van der Waals surface area contributed by atoms with Crippen LogP contribution in [0.5, 0.6) is 0 Å². The molecule has 4 rings (SSSR count). The van der Waals surface area contributed by atoms with Gasteiger partial charge in [-0.2, -0.15) is 0 Å². The molecule has 2 aliphatic heterocycles. The number of amides is 1. The summed E-state index contributed by atoms with van der Waals surface area (Å²) >= 11 is 1.76. The molecule has 2 aromatic rings. The van der Waals surface area contributed by atoms with E-state index < -0.39 is 0 Å². The van der Waals surface area contributed by atoms with Crippen molar-refractivity contribution in [2.24, 2.45) is 0 Å². The van der Waals surface area contributed by atoms with Gasteiger partial charge in [-0.1, -0.05) is 26.0 Å². The maximum Gasteiger partial charge on any atom is 0.256 e. The van der Waals surface area contributed by atoms with E-state index in [1.807, 2.05) is 0 Å². The molecule has 28 heavy (non-hydrogen) atoms. The first-order valence-corrected chi connectivity index (χ1v) is 11.3. The van der Waals surface area contributed by atoms with Crippen molar-refractivity contribution in [2.75, 3.05) is 36.9 Å². The van der Waals surface area contributed by atoms with E-state index in [0.29, 0.717) is 0 Å². The minimum atomic E-state index is -0.162. The molecule has 2 aliphatic rings. The van der Waals surface area contributed by atoms with Gasteiger partial charge in [-0.05, 0) is 36.1 Å². The second-order valence-electron chi connectivity index (χ2n) is 7.97. The number of hydrogen-bond acceptors (Lipinski definition) is 4. The largest absolute Gasteiger partial charge is 0.372 e. The number of quaternary nitrogens is 1. The highest BCUT2D eigenvalue weighted by Gasteiger charge is 2.33. The number of nitrogens with one attached hydrogen (secondary N) is 3. The topological polar surface area (TPSA) is 48.8 Å². The summed E-state index contributed by atoms with van der Waals surface area (Å²) in [5.74, 6) is 0.0680. The normalized spacial score (nSPS) is 20.8. The summed E-state index contributed by atoms with van der Waals surface area (Å²) in [5, 5.41) is 7.79. The lowest BCUT2D eigenvalue weighted by Crippen LogP contribution is -3.08. The zero-order valence-electron chi connectivity index (χ0n) is 17.1. The fourth-order valence-electron chi connectivity index (χ4n) is 4.29. The number of thiophene rings is 1. The van der Waals surface area contributed by atoms with Gasteiger partial charge in [-0.3, -0.25) is 4.79 Å². The number of carbonyl (C=O) groups excluding carboxylic acids is 1. The minimum absolute atomic E-state index is 0.0680. The first-order chi connectivity index (χ1) is 13.6. The van der Waals surface area contributed by atoms with Gasteiger partial charge in [0.15, 0.2) is 0 Å². The molecular weight excluding hydrogens is 368 g/mol. The van der Waals surface area contributed by atoms with Crippen LogP contribution in [0.15, 0.2) is 24.3 Å². The Kier molecular flexibility index (Phi) is 5.60. The average Bonchev–Trinajstić information content (AvgIpc) is 3.05. The van der Waals surface area contributed by atoms with Gasteiger partial charge in [-0.15, -0.1) is 11.3 Å². The van der Waals surface area contributed by atoms with Crippen LogP contribution in [0.3, 0.4) is 0 Å². The average molecular weight is 400 g/mol. The fourth-order valence-corrected chi connectivity index (χ4v) is 5.67. The third-order valence-corrected chi connectivity index (χ3v) is 6.87. The van der Waals surface area contributed by atoms with Crippen LogP contribution in [0.4, 0.5) is 10.7 Å². The van der Waals surface area contributed by atoms with E-state index in [4.69, 9.17) is 0 Å². The van der Waals surface area contributed by atoms with Crippen molar-refractivity contribution in [1.29, 1.82) is 0 Å². The summed E-state index contributed by atoms with van der Waals surface area (Å²) in [4.78, 5) is 18.2. The Bertz CT molecular complexity index is 839. The SMILES string of the molecule is CCCN(CCC)c1ccc(C2NC(=O)c3c(sc4c3CC[NH+](C)C4)N2)cc1. The molecule has 1 amide bonds. The van der Waals surface area contributed by atoms with Gasteiger partial charge in [-0.25, -0.2) is 0 Å². The van der Waals surface area contributed by atoms with E-state index in [-0.39, 0.29) is 12.1 Å². The summed E-state index contributed by atoms with van der Waals surface area (Å²) < 4.78 is 0. The summed E-state index contributed by atoms with van der Waals surface area (Å²) in [6.07, 6.45) is 3.12. The maximum absolute atomic E-state index is 12.9. The van der Waals surface area contributed by atoms with Gasteiger partial charge in [0.25, 0.3) is 5.91 Å². The van der Waals surface area contributed by atoms with Crippen LogP contribution < -0.4 is 20.4 Å². The lowest BCUT2D eigenvalue weighted by molar-refractivity contribution is -0.895. The highest BCUT2D eigenvalue weighted by atomic mass is 32.1. The number of rotatable bonds is 6. The predicted octanol–water partition coefficient (Wildman–Crippen LogP) is 2.80. The Morgan fingerprint density at radius 1 is 1.14 bits per heavy atom. The highest BCUT2D eigenvalue weighted by molar-refractivity contribution is 7.16. The zero-order valence-corrected chi connectivity index (χ0v) is 17.9. The van der Waals surface area contributed by atoms with Crippen LogP contribution in [-0.2, 0) is 13.0 Å². The Morgan fingerprint density at radius 3 is 2.54 bits per heavy atom. The standard InChI is InChI=1S/C22H30N4OS/c1-4-11-26(12-5-2)16-8-6-15(7-9-16)20-23-21(27)19-17-10-13-25(3)14-18(17)28-22(19)24-20/h6-9,20,24H,4-5,10-14H2,1-3H3,(H,23,27)/p+1. The van der Waals surface area contributed by atoms with Crippen molar-refractivity contribution < 1.29 is 9.69 Å². The molecule has 1 aromatic carbocycles. The second kappa shape index (κ2) is 8.13. The van der Waals surface area contributed by atoms with Gasteiger partial charge in [0, 0.05) is 25.2 Å². The number of anilines is 2. The number of nitrogens with zero attached hydrogens (tertiary/aromatic N) is 1. The number of carbonyl (C=O) groups is 1. The summed E-state index contributed by atoms with van der Waals surface area (Å²) in [7, 11) is 2.22. The monoisotopic (exact) mass is 399 g/mol. The summed E-state index contributed by atoms with van der Waals surface area (Å²) in [6.45, 7) is 8.70. The molecule has 3 heterocycles. The molecule has 150 valence electrons. The highest BCUT2D eigenvalue weighted by Crippen LogP contribution is 2.39. The Morgan fingerprint density at radius 2 is 1.86 bits per heavy atom. The molecule has 5 nitrogen and oxygen atoms in total. The smallest absolute Gasteiger partial charge is 0.256 e. The van der Waals surface area contributed by atoms with Crippen molar-refractivity contribution in [1.82, 2.24) is 5.32 Å². The zero-order chi connectivity index (χ0) is 19.7. The third-order valence-electron chi connectivity index (χ3n) is 5.71. The summed E-state index contributed by atoms with van der Waals surface area (Å²) in [5.41, 5.74) is 4.51. The van der Waals surface area contributed by atoms with E-state index in [0.717, 1.165) is 61.6 Å². The number of benzene rings is 1. The van der Waals surface area contributed by atoms with Gasteiger partial charge < -0.3 is 20.4 Å². The molecule has 0 radical (unpaired) electrons. The summed E-state index contributed by atoms with van der Waals surface area (Å²) in [6, 6.07) is 8.65. The molecular formula is C22H31N4OS+. The first kappa shape index (κ1) is 19.3. The molecule has 0 spiro atoms. The second-order valence-corrected chi connectivity index (χ2v) is 9.08. The van der Waals surface area contributed by atoms with Crippen molar-refractivity contribution >= 4 is 27.9 Å². The Labute approximate surface area is 171 Å². The van der Waals surface area contributed by atoms with E-state index in [2.05, 4.69) is 60.7 Å². The van der Waals surface area contributed by atoms with Crippen molar-refractivity contribution in [2.45, 2.75) is 45.8 Å². The number of hydrogen-bond donors (Lipinski definition) is 3. The van der Waals surface area contributed by atoms with Crippen LogP contribution in [0.25, 0.3) is 0 Å². The molecule has 1 aromatic heterocycles. The first-order valence-electron chi connectivity index (χ1n) is 10.5. The van der Waals surface area contributed by atoms with Gasteiger partial charge in [0.1, 0.15) is 17.7 Å². The number of likely N-dealkylation sites (N-methyl/N-ethyl adjacent to an activating group) is 1. The lowest BCUT2D eigenvalue weighted by atomic mass is 10.0. The molecule has 3 N–H and O–H groups in total. The third kappa shape index (κ3) is 3.63. The van der Waals surface area contributed by atoms with Crippen molar-refractivity contribution in [3.05, 3.63) is 45.8 Å². The van der Waals surface area contributed by atoms with Crippen molar-refractivity contribution in [3.63, 3.8) is 0 Å². The van der Waals surface area contributed by atoms with E-state index >= 15 is 0 Å². The van der Waals surface area contributed by atoms with Gasteiger partial charge in [0.05, 0.1) is 24.0 Å². The number of fused-ring (bicyclic) bond motifs is 3. The van der Waals surface area contributed by atoms with E-state index in [1.165, 1.54) is 21.0 Å².